The summed E-state index contributed by atoms with van der Waals surface area (Å²) in [7, 11) is 0.208. The summed E-state index contributed by atoms with van der Waals surface area (Å²) in [6, 6.07) is 0. The molecule has 11 heteroatoms. The average Bonchev–Trinajstić information content (AvgIpc) is 2.57. The molecule has 10 nitrogen and oxygen atoms in total. The second-order valence-electron chi connectivity index (χ2n) is 5.78. The Bertz CT molecular complexity index is 767. The third-order valence-electron chi connectivity index (χ3n) is 3.86. The Morgan fingerprint density at radius 3 is 2.56 bits per heavy atom. The van der Waals surface area contributed by atoms with Crippen molar-refractivity contribution in [1.82, 2.24) is 24.5 Å². The van der Waals surface area contributed by atoms with Crippen LogP contribution in [0.5, 0.6) is 0 Å². The predicted molar refractivity (Wildman–Crippen MR) is 97.5 cm³/mol. The van der Waals surface area contributed by atoms with Crippen molar-refractivity contribution in [1.29, 1.82) is 0 Å². The van der Waals surface area contributed by atoms with Gasteiger partial charge in [0.15, 0.2) is 11.8 Å². The van der Waals surface area contributed by atoms with E-state index in [9.17, 15) is 13.2 Å². The van der Waals surface area contributed by atoms with Gasteiger partial charge in [-0.1, -0.05) is 0 Å². The molecule has 0 aliphatic carbocycles. The highest BCUT2D eigenvalue weighted by molar-refractivity contribution is 7.88. The van der Waals surface area contributed by atoms with Gasteiger partial charge >= 0.3 is 0 Å². The van der Waals surface area contributed by atoms with Crippen molar-refractivity contribution >= 4 is 21.8 Å². The zero-order valence-corrected chi connectivity index (χ0v) is 15.6. The molecule has 0 atom stereocenters. The lowest BCUT2D eigenvalue weighted by atomic mass is 10.3. The SMILES string of the molecule is CN=C(NCCNS(C)(=O)=O)N1CCN(c2nccn(C)c2=O)CC1. The van der Waals surface area contributed by atoms with Crippen LogP contribution in [0.3, 0.4) is 0 Å². The van der Waals surface area contributed by atoms with Gasteiger partial charge in [-0.05, 0) is 0 Å². The highest BCUT2D eigenvalue weighted by Gasteiger charge is 2.22. The third kappa shape index (κ3) is 5.43. The fourth-order valence-electron chi connectivity index (χ4n) is 2.57. The second kappa shape index (κ2) is 8.30. The molecular formula is C14H25N7O3S. The van der Waals surface area contributed by atoms with Crippen molar-refractivity contribution in [2.75, 3.05) is 57.5 Å². The van der Waals surface area contributed by atoms with E-state index in [0.29, 0.717) is 51.0 Å². The second-order valence-corrected chi connectivity index (χ2v) is 7.61. The number of piperazine rings is 1. The molecular weight excluding hydrogens is 346 g/mol. The molecule has 1 aliphatic heterocycles. The number of aliphatic imine (C=N–C) groups is 1. The zero-order chi connectivity index (χ0) is 18.4. The van der Waals surface area contributed by atoms with Crippen LogP contribution in [0, 0.1) is 0 Å². The number of aryl methyl sites for hydroxylation is 1. The molecule has 0 radical (unpaired) electrons. The summed E-state index contributed by atoms with van der Waals surface area (Å²) < 4.78 is 26.0. The summed E-state index contributed by atoms with van der Waals surface area (Å²) in [6.45, 7) is 3.45. The first kappa shape index (κ1) is 19.2. The average molecular weight is 371 g/mol. The maximum atomic E-state index is 12.1. The number of hydrogen-bond donors (Lipinski definition) is 2. The van der Waals surface area contributed by atoms with Gasteiger partial charge in [0.2, 0.25) is 10.0 Å². The molecule has 0 spiro atoms. The Morgan fingerprint density at radius 1 is 1.28 bits per heavy atom. The van der Waals surface area contributed by atoms with Crippen LogP contribution in [0.15, 0.2) is 22.2 Å². The van der Waals surface area contributed by atoms with Gasteiger partial charge in [-0.2, -0.15) is 0 Å². The zero-order valence-electron chi connectivity index (χ0n) is 14.8. The van der Waals surface area contributed by atoms with Crippen LogP contribution in [0.25, 0.3) is 0 Å². The predicted octanol–water partition coefficient (Wildman–Crippen LogP) is -1.97. The third-order valence-corrected chi connectivity index (χ3v) is 4.59. The minimum absolute atomic E-state index is 0.106. The van der Waals surface area contributed by atoms with Crippen molar-refractivity contribution in [3.63, 3.8) is 0 Å². The number of nitrogens with zero attached hydrogens (tertiary/aromatic N) is 5. The number of sulfonamides is 1. The highest BCUT2D eigenvalue weighted by Crippen LogP contribution is 2.08. The molecule has 2 heterocycles. The van der Waals surface area contributed by atoms with Crippen molar-refractivity contribution in [2.24, 2.45) is 12.0 Å². The quantitative estimate of drug-likeness (QED) is 0.351. The van der Waals surface area contributed by atoms with Crippen LogP contribution in [-0.2, 0) is 17.1 Å². The first-order valence-corrected chi connectivity index (χ1v) is 9.88. The van der Waals surface area contributed by atoms with E-state index in [1.165, 1.54) is 4.57 Å². The van der Waals surface area contributed by atoms with Crippen molar-refractivity contribution < 1.29 is 8.42 Å². The van der Waals surface area contributed by atoms with Gasteiger partial charge in [0.05, 0.1) is 6.26 Å². The van der Waals surface area contributed by atoms with Gasteiger partial charge < -0.3 is 19.7 Å². The summed E-state index contributed by atoms with van der Waals surface area (Å²) in [5, 5.41) is 3.14. The van der Waals surface area contributed by atoms with Crippen LogP contribution in [0.1, 0.15) is 0 Å². The number of aromatic nitrogens is 2. The fourth-order valence-corrected chi connectivity index (χ4v) is 3.05. The van der Waals surface area contributed by atoms with E-state index in [0.717, 1.165) is 6.26 Å². The molecule has 25 heavy (non-hydrogen) atoms. The maximum Gasteiger partial charge on any atom is 0.293 e. The van der Waals surface area contributed by atoms with E-state index in [1.54, 1.807) is 26.5 Å². The van der Waals surface area contributed by atoms with Gasteiger partial charge in [0.1, 0.15) is 0 Å². The molecule has 1 fully saturated rings. The summed E-state index contributed by atoms with van der Waals surface area (Å²) in [4.78, 5) is 24.6. The molecule has 1 aliphatic rings. The van der Waals surface area contributed by atoms with E-state index in [1.807, 2.05) is 4.90 Å². The molecule has 2 N–H and O–H groups in total. The molecule has 0 saturated carbocycles. The van der Waals surface area contributed by atoms with E-state index in [-0.39, 0.29) is 5.56 Å². The van der Waals surface area contributed by atoms with Gasteiger partial charge in [-0.3, -0.25) is 9.79 Å². The molecule has 1 saturated heterocycles. The summed E-state index contributed by atoms with van der Waals surface area (Å²) in [5.41, 5.74) is -0.106. The van der Waals surface area contributed by atoms with Crippen molar-refractivity contribution in [3.8, 4) is 0 Å². The molecule has 140 valence electrons. The van der Waals surface area contributed by atoms with E-state index in [2.05, 4.69) is 24.9 Å². The molecule has 2 rings (SSSR count). The lowest BCUT2D eigenvalue weighted by molar-refractivity contribution is 0.371. The van der Waals surface area contributed by atoms with Crippen LogP contribution in [0.2, 0.25) is 0 Å². The monoisotopic (exact) mass is 371 g/mol. The van der Waals surface area contributed by atoms with Gasteiger partial charge in [-0.15, -0.1) is 0 Å². The lowest BCUT2D eigenvalue weighted by Gasteiger charge is -2.36. The molecule has 0 unspecified atom stereocenters. The van der Waals surface area contributed by atoms with Crippen molar-refractivity contribution in [3.05, 3.63) is 22.7 Å². The Labute approximate surface area is 147 Å². The normalized spacial score (nSPS) is 16.2. The van der Waals surface area contributed by atoms with Crippen LogP contribution >= 0.6 is 0 Å². The molecule has 0 bridgehead atoms. The maximum absolute atomic E-state index is 12.1. The lowest BCUT2D eigenvalue weighted by Crippen LogP contribution is -2.54. The minimum Gasteiger partial charge on any atom is -0.355 e. The van der Waals surface area contributed by atoms with E-state index >= 15 is 0 Å². The van der Waals surface area contributed by atoms with Crippen LogP contribution < -0.4 is 20.5 Å². The van der Waals surface area contributed by atoms with Gasteiger partial charge in [0, 0.05) is 65.8 Å². The molecule has 0 aromatic carbocycles. The van der Waals surface area contributed by atoms with Crippen LogP contribution in [-0.4, -0.2) is 81.4 Å². The number of rotatable bonds is 5. The largest absolute Gasteiger partial charge is 0.355 e. The first-order valence-electron chi connectivity index (χ1n) is 7.98. The summed E-state index contributed by atoms with van der Waals surface area (Å²) in [6.07, 6.45) is 4.39. The van der Waals surface area contributed by atoms with Crippen LogP contribution in [0.4, 0.5) is 5.82 Å². The number of hydrogen-bond acceptors (Lipinski definition) is 6. The standard InChI is InChI=1S/C14H25N7O3S/c1-15-14(17-4-5-18-25(3,23)24)21-10-8-20(9-11-21)12-13(22)19(2)7-6-16-12/h6-7,18H,4-5,8-11H2,1-3H3,(H,15,17). The molecule has 1 aromatic heterocycles. The fraction of sp³-hybridized carbons (Fsp3) is 0.643. The minimum atomic E-state index is -3.19. The Morgan fingerprint density at radius 2 is 1.96 bits per heavy atom. The molecule has 1 aromatic rings. The summed E-state index contributed by atoms with van der Waals surface area (Å²) in [5.74, 6) is 1.17. The van der Waals surface area contributed by atoms with Gasteiger partial charge in [-0.25, -0.2) is 18.1 Å². The Balaban J connectivity index is 1.87. The first-order chi connectivity index (χ1) is 11.8. The van der Waals surface area contributed by atoms with Crippen molar-refractivity contribution in [2.45, 2.75) is 0 Å². The highest BCUT2D eigenvalue weighted by atomic mass is 32.2. The number of guanidine groups is 1. The Hall–Kier alpha value is -2.14. The summed E-state index contributed by atoms with van der Waals surface area (Å²) >= 11 is 0. The van der Waals surface area contributed by atoms with E-state index in [4.69, 9.17) is 0 Å². The smallest absolute Gasteiger partial charge is 0.293 e. The number of anilines is 1. The van der Waals surface area contributed by atoms with E-state index < -0.39 is 10.0 Å². The van der Waals surface area contributed by atoms with Gasteiger partial charge in [0.25, 0.3) is 5.56 Å². The number of nitrogens with one attached hydrogen (secondary N) is 2. The Kier molecular flexibility index (Phi) is 6.37. The molecule has 0 amide bonds. The topological polar surface area (TPSA) is 112 Å².